The molecule has 0 bridgehead atoms. The van der Waals surface area contributed by atoms with E-state index in [0.717, 1.165) is 6.07 Å². The summed E-state index contributed by atoms with van der Waals surface area (Å²) in [4.78, 5) is -0.406. The fourth-order valence-electron chi connectivity index (χ4n) is 2.70. The molecule has 0 heterocycles. The first kappa shape index (κ1) is 16.2. The highest BCUT2D eigenvalue weighted by Crippen LogP contribution is 2.43. The van der Waals surface area contributed by atoms with Gasteiger partial charge in [0.25, 0.3) is 0 Å². The van der Waals surface area contributed by atoms with Crippen molar-refractivity contribution in [2.24, 2.45) is 5.41 Å². The van der Waals surface area contributed by atoms with E-state index in [-0.39, 0.29) is 28.8 Å². The van der Waals surface area contributed by atoms with Crippen molar-refractivity contribution >= 4 is 15.7 Å². The highest BCUT2D eigenvalue weighted by molar-refractivity contribution is 7.89. The Kier molecular flexibility index (Phi) is 4.03. The normalized spacial score (nSPS) is 24.6. The fraction of sp³-hybridized carbons (Fsp3) is 0.571. The molecule has 0 aromatic heterocycles. The summed E-state index contributed by atoms with van der Waals surface area (Å²) < 4.78 is 46.7. The van der Waals surface area contributed by atoms with Gasteiger partial charge in [-0.25, -0.2) is 17.5 Å². The third-order valence-electron chi connectivity index (χ3n) is 4.29. The van der Waals surface area contributed by atoms with Crippen molar-refractivity contribution in [3.8, 4) is 0 Å². The summed E-state index contributed by atoms with van der Waals surface area (Å²) in [5.74, 6) is -0.767. The smallest absolute Gasteiger partial charge is 0.243 e. The second-order valence-electron chi connectivity index (χ2n) is 6.11. The average Bonchev–Trinajstić information content (AvgIpc) is 2.38. The maximum absolute atomic E-state index is 14.1. The summed E-state index contributed by atoms with van der Waals surface area (Å²) in [6.45, 7) is 5.32. The Balaban J connectivity index is 2.29. The van der Waals surface area contributed by atoms with Crippen LogP contribution in [-0.2, 0) is 14.8 Å². The third-order valence-corrected chi connectivity index (χ3v) is 5.76. The highest BCUT2D eigenvalue weighted by atomic mass is 32.2. The Bertz CT molecular complexity index is 658. The zero-order chi connectivity index (χ0) is 16.0. The number of ether oxygens (including phenoxy) is 1. The van der Waals surface area contributed by atoms with Crippen LogP contribution in [0.3, 0.4) is 0 Å². The van der Waals surface area contributed by atoms with Crippen LogP contribution < -0.4 is 10.5 Å². The quantitative estimate of drug-likeness (QED) is 0.830. The summed E-state index contributed by atoms with van der Waals surface area (Å²) in [5.41, 5.74) is 5.71. The van der Waals surface area contributed by atoms with E-state index in [0.29, 0.717) is 6.42 Å². The monoisotopic (exact) mass is 316 g/mol. The Morgan fingerprint density at radius 2 is 2.05 bits per heavy atom. The van der Waals surface area contributed by atoms with Gasteiger partial charge in [0.2, 0.25) is 10.0 Å². The number of aryl methyl sites for hydroxylation is 1. The molecule has 0 radical (unpaired) electrons. The van der Waals surface area contributed by atoms with Gasteiger partial charge in [0.05, 0.1) is 6.10 Å². The summed E-state index contributed by atoms with van der Waals surface area (Å²) in [6, 6.07) is 2.25. The number of hydrogen-bond donors (Lipinski definition) is 2. The number of nitrogens with one attached hydrogen (secondary N) is 1. The lowest BCUT2D eigenvalue weighted by Crippen LogP contribution is -2.61. The molecule has 21 heavy (non-hydrogen) atoms. The molecule has 2 rings (SSSR count). The van der Waals surface area contributed by atoms with Gasteiger partial charge in [-0.1, -0.05) is 13.8 Å². The van der Waals surface area contributed by atoms with Crippen LogP contribution in [0.2, 0.25) is 0 Å². The molecule has 0 amide bonds. The van der Waals surface area contributed by atoms with E-state index in [2.05, 4.69) is 4.72 Å². The Labute approximate surface area is 124 Å². The van der Waals surface area contributed by atoms with Crippen molar-refractivity contribution in [2.75, 3.05) is 12.8 Å². The molecule has 1 saturated carbocycles. The number of halogens is 1. The Hall–Kier alpha value is -1.18. The molecular formula is C14H21FN2O3S. The lowest BCUT2D eigenvalue weighted by atomic mass is 9.65. The average molecular weight is 316 g/mol. The lowest BCUT2D eigenvalue weighted by molar-refractivity contribution is -0.0908. The van der Waals surface area contributed by atoms with E-state index >= 15 is 0 Å². The van der Waals surface area contributed by atoms with Gasteiger partial charge >= 0.3 is 0 Å². The van der Waals surface area contributed by atoms with Crippen LogP contribution in [-0.4, -0.2) is 27.7 Å². The van der Waals surface area contributed by atoms with Crippen LogP contribution in [0.15, 0.2) is 17.0 Å². The maximum Gasteiger partial charge on any atom is 0.243 e. The summed E-state index contributed by atoms with van der Waals surface area (Å²) in [6.07, 6.45) is 0.545. The molecule has 0 saturated heterocycles. The van der Waals surface area contributed by atoms with E-state index < -0.39 is 20.7 Å². The lowest BCUT2D eigenvalue weighted by Gasteiger charge is -2.50. The number of anilines is 1. The molecule has 0 aliphatic heterocycles. The molecule has 2 atom stereocenters. The molecular weight excluding hydrogens is 295 g/mol. The number of nitrogens with two attached hydrogens (primary N) is 1. The summed E-state index contributed by atoms with van der Waals surface area (Å²) in [5, 5.41) is 0. The van der Waals surface area contributed by atoms with Gasteiger partial charge < -0.3 is 10.5 Å². The van der Waals surface area contributed by atoms with Gasteiger partial charge in [-0.3, -0.25) is 0 Å². The minimum Gasteiger partial charge on any atom is -0.399 e. The molecule has 0 spiro atoms. The minimum absolute atomic E-state index is 0.0161. The van der Waals surface area contributed by atoms with Crippen LogP contribution in [0.1, 0.15) is 25.8 Å². The van der Waals surface area contributed by atoms with E-state index in [9.17, 15) is 12.8 Å². The molecule has 118 valence electrons. The number of nitrogen functional groups attached to an aromatic ring is 1. The Morgan fingerprint density at radius 3 is 2.57 bits per heavy atom. The van der Waals surface area contributed by atoms with Crippen molar-refractivity contribution < 1.29 is 17.5 Å². The van der Waals surface area contributed by atoms with Crippen LogP contribution in [0, 0.1) is 18.2 Å². The Morgan fingerprint density at radius 1 is 1.43 bits per heavy atom. The molecule has 1 aromatic rings. The van der Waals surface area contributed by atoms with E-state index in [1.54, 1.807) is 7.11 Å². The third kappa shape index (κ3) is 2.77. The summed E-state index contributed by atoms with van der Waals surface area (Å²) in [7, 11) is -2.36. The molecule has 1 fully saturated rings. The highest BCUT2D eigenvalue weighted by Gasteiger charge is 2.50. The van der Waals surface area contributed by atoms with Crippen molar-refractivity contribution in [1.29, 1.82) is 0 Å². The van der Waals surface area contributed by atoms with Gasteiger partial charge in [-0.15, -0.1) is 0 Å². The van der Waals surface area contributed by atoms with E-state index in [1.807, 2.05) is 13.8 Å². The first-order valence-corrected chi connectivity index (χ1v) is 8.18. The number of rotatable bonds is 4. The SMILES string of the molecule is COC1CC(NS(=O)(=O)c2cc(N)cc(C)c2F)C1(C)C. The van der Waals surface area contributed by atoms with Crippen LogP contribution >= 0.6 is 0 Å². The number of hydrogen-bond acceptors (Lipinski definition) is 4. The van der Waals surface area contributed by atoms with Crippen LogP contribution in [0.25, 0.3) is 0 Å². The minimum atomic E-state index is -3.96. The van der Waals surface area contributed by atoms with E-state index in [1.165, 1.54) is 13.0 Å². The topological polar surface area (TPSA) is 81.4 Å². The predicted molar refractivity (Wildman–Crippen MR) is 78.9 cm³/mol. The van der Waals surface area contributed by atoms with Gasteiger partial charge in [0.15, 0.2) is 0 Å². The zero-order valence-electron chi connectivity index (χ0n) is 12.6. The second kappa shape index (κ2) is 5.23. The van der Waals surface area contributed by atoms with Crippen LogP contribution in [0.4, 0.5) is 10.1 Å². The van der Waals surface area contributed by atoms with Gasteiger partial charge in [-0.05, 0) is 31.0 Å². The summed E-state index contributed by atoms with van der Waals surface area (Å²) >= 11 is 0. The first-order chi connectivity index (χ1) is 9.59. The van der Waals surface area contributed by atoms with Crippen molar-refractivity contribution in [1.82, 2.24) is 4.72 Å². The molecule has 5 nitrogen and oxygen atoms in total. The standard InChI is InChI=1S/C14H21FN2O3S/c1-8-5-9(16)6-10(13(8)15)21(18,19)17-11-7-12(20-4)14(11,2)3/h5-6,11-12,17H,7,16H2,1-4H3. The molecule has 1 aliphatic carbocycles. The molecule has 2 unspecified atom stereocenters. The number of sulfonamides is 1. The number of benzene rings is 1. The van der Waals surface area contributed by atoms with Crippen molar-refractivity contribution in [2.45, 2.75) is 44.2 Å². The molecule has 3 N–H and O–H groups in total. The molecule has 7 heteroatoms. The van der Waals surface area contributed by atoms with Crippen LogP contribution in [0.5, 0.6) is 0 Å². The van der Waals surface area contributed by atoms with Gasteiger partial charge in [0.1, 0.15) is 10.7 Å². The predicted octanol–water partition coefficient (Wildman–Crippen LogP) is 1.81. The van der Waals surface area contributed by atoms with E-state index in [4.69, 9.17) is 10.5 Å². The number of methoxy groups -OCH3 is 1. The zero-order valence-corrected chi connectivity index (χ0v) is 13.4. The van der Waals surface area contributed by atoms with Crippen molar-refractivity contribution in [3.63, 3.8) is 0 Å². The maximum atomic E-state index is 14.1. The largest absolute Gasteiger partial charge is 0.399 e. The first-order valence-electron chi connectivity index (χ1n) is 6.70. The fourth-order valence-corrected chi connectivity index (χ4v) is 4.29. The van der Waals surface area contributed by atoms with Gasteiger partial charge in [0, 0.05) is 24.3 Å². The van der Waals surface area contributed by atoms with Crippen molar-refractivity contribution in [3.05, 3.63) is 23.5 Å². The van der Waals surface area contributed by atoms with Gasteiger partial charge in [-0.2, -0.15) is 0 Å². The molecule has 1 aliphatic rings. The second-order valence-corrected chi connectivity index (χ2v) is 7.79. The molecule has 1 aromatic carbocycles.